The second-order valence-corrected chi connectivity index (χ2v) is 5.62. The first-order valence-corrected chi connectivity index (χ1v) is 6.71. The van der Waals surface area contributed by atoms with Crippen LogP contribution in [-0.2, 0) is 0 Å². The number of methoxy groups -OCH3 is 1. The second-order valence-electron chi connectivity index (χ2n) is 5.62. The number of benzene rings is 1. The van der Waals surface area contributed by atoms with Gasteiger partial charge in [-0.3, -0.25) is 4.79 Å². The molecule has 0 saturated heterocycles. The molecule has 1 aromatic rings. The molecule has 0 bridgehead atoms. The van der Waals surface area contributed by atoms with Gasteiger partial charge in [0.1, 0.15) is 5.75 Å². The van der Waals surface area contributed by atoms with Crippen molar-refractivity contribution in [3.05, 3.63) is 23.8 Å². The van der Waals surface area contributed by atoms with Gasteiger partial charge in [0.15, 0.2) is 0 Å². The molecule has 0 heterocycles. The summed E-state index contributed by atoms with van der Waals surface area (Å²) in [4.78, 5) is 12.2. The Bertz CT molecular complexity index is 479. The highest BCUT2D eigenvalue weighted by molar-refractivity contribution is 6.00. The van der Waals surface area contributed by atoms with Gasteiger partial charge in [-0.05, 0) is 36.3 Å². The van der Waals surface area contributed by atoms with E-state index >= 15 is 0 Å². The van der Waals surface area contributed by atoms with E-state index in [9.17, 15) is 4.79 Å². The van der Waals surface area contributed by atoms with Gasteiger partial charge in [-0.1, -0.05) is 19.9 Å². The van der Waals surface area contributed by atoms with E-state index < -0.39 is 0 Å². The maximum absolute atomic E-state index is 12.2. The Kier molecular flexibility index (Phi) is 3.69. The van der Waals surface area contributed by atoms with Crippen LogP contribution in [0.1, 0.15) is 37.0 Å². The molecule has 0 radical (unpaired) electrons. The number of hydrogen-bond donors (Lipinski definition) is 2. The molecule has 0 aliphatic heterocycles. The summed E-state index contributed by atoms with van der Waals surface area (Å²) in [5, 5.41) is 3.00. The first-order valence-electron chi connectivity index (χ1n) is 6.71. The number of ether oxygens (including phenoxy) is 1. The van der Waals surface area contributed by atoms with E-state index in [1.165, 1.54) is 12.8 Å². The molecule has 0 unspecified atom stereocenters. The van der Waals surface area contributed by atoms with Gasteiger partial charge in [0, 0.05) is 6.54 Å². The number of carbonyl (C=O) groups excluding carboxylic acids is 1. The molecule has 1 saturated carbocycles. The summed E-state index contributed by atoms with van der Waals surface area (Å²) in [7, 11) is 1.55. The zero-order valence-electron chi connectivity index (χ0n) is 11.8. The van der Waals surface area contributed by atoms with Crippen molar-refractivity contribution in [1.82, 2.24) is 5.32 Å². The Morgan fingerprint density at radius 2 is 2.16 bits per heavy atom. The normalized spacial score (nSPS) is 16.2. The molecule has 3 N–H and O–H groups in total. The average Bonchev–Trinajstić information content (AvgIpc) is 3.17. The summed E-state index contributed by atoms with van der Waals surface area (Å²) in [6, 6.07) is 5.25. The number of anilines is 1. The highest BCUT2D eigenvalue weighted by Gasteiger charge is 2.45. The van der Waals surface area contributed by atoms with Crippen LogP contribution in [0.4, 0.5) is 5.69 Å². The van der Waals surface area contributed by atoms with Crippen molar-refractivity contribution >= 4 is 11.6 Å². The maximum Gasteiger partial charge on any atom is 0.253 e. The average molecular weight is 262 g/mol. The Morgan fingerprint density at radius 3 is 2.68 bits per heavy atom. The van der Waals surface area contributed by atoms with Crippen molar-refractivity contribution in [2.75, 3.05) is 19.4 Å². The second kappa shape index (κ2) is 5.11. The molecular weight excluding hydrogens is 240 g/mol. The molecule has 4 nitrogen and oxygen atoms in total. The minimum Gasteiger partial charge on any atom is -0.495 e. The van der Waals surface area contributed by atoms with Gasteiger partial charge in [-0.15, -0.1) is 0 Å². The summed E-state index contributed by atoms with van der Waals surface area (Å²) in [5.74, 6) is 1.01. The van der Waals surface area contributed by atoms with Crippen molar-refractivity contribution in [2.45, 2.75) is 26.7 Å². The number of nitrogens with two attached hydrogens (primary N) is 1. The van der Waals surface area contributed by atoms with E-state index in [0.29, 0.717) is 28.3 Å². The zero-order chi connectivity index (χ0) is 14.0. The maximum atomic E-state index is 12.2. The molecule has 0 aromatic heterocycles. The third-order valence-corrected chi connectivity index (χ3v) is 4.25. The molecule has 1 amide bonds. The minimum atomic E-state index is -0.122. The summed E-state index contributed by atoms with van der Waals surface area (Å²) < 4.78 is 5.13. The first kappa shape index (κ1) is 13.7. The molecule has 1 fully saturated rings. The fourth-order valence-electron chi connectivity index (χ4n) is 2.39. The predicted molar refractivity (Wildman–Crippen MR) is 76.2 cm³/mol. The number of amides is 1. The van der Waals surface area contributed by atoms with Crippen LogP contribution < -0.4 is 15.8 Å². The molecule has 1 aliphatic carbocycles. The topological polar surface area (TPSA) is 64.3 Å². The predicted octanol–water partition coefficient (Wildman–Crippen LogP) is 2.44. The third-order valence-electron chi connectivity index (χ3n) is 4.25. The fourth-order valence-corrected chi connectivity index (χ4v) is 2.39. The smallest absolute Gasteiger partial charge is 0.253 e. The molecule has 104 valence electrons. The molecule has 2 rings (SSSR count). The molecule has 4 heteroatoms. The molecule has 19 heavy (non-hydrogen) atoms. The summed E-state index contributed by atoms with van der Waals surface area (Å²) in [6.07, 6.45) is 2.39. The van der Waals surface area contributed by atoms with E-state index in [4.69, 9.17) is 10.5 Å². The van der Waals surface area contributed by atoms with Crippen molar-refractivity contribution < 1.29 is 9.53 Å². The van der Waals surface area contributed by atoms with E-state index in [-0.39, 0.29) is 5.91 Å². The lowest BCUT2D eigenvalue weighted by atomic mass is 9.92. The summed E-state index contributed by atoms with van der Waals surface area (Å²) in [6.45, 7) is 5.14. The highest BCUT2D eigenvalue weighted by atomic mass is 16.5. The Morgan fingerprint density at radius 1 is 1.47 bits per heavy atom. The fraction of sp³-hybridized carbons (Fsp3) is 0.533. The van der Waals surface area contributed by atoms with Crippen LogP contribution in [-0.4, -0.2) is 19.6 Å². The van der Waals surface area contributed by atoms with Crippen LogP contribution in [0.25, 0.3) is 0 Å². The van der Waals surface area contributed by atoms with Gasteiger partial charge < -0.3 is 15.8 Å². The van der Waals surface area contributed by atoms with E-state index in [1.807, 2.05) is 0 Å². The molecule has 1 aromatic carbocycles. The SMILES string of the molecule is COc1cccc(C(=O)NCC2(C(C)C)CC2)c1N. The van der Waals surface area contributed by atoms with Crippen LogP contribution in [0.5, 0.6) is 5.75 Å². The van der Waals surface area contributed by atoms with Crippen molar-refractivity contribution in [3.63, 3.8) is 0 Å². The molecule has 0 spiro atoms. The van der Waals surface area contributed by atoms with Gasteiger partial charge in [-0.25, -0.2) is 0 Å². The van der Waals surface area contributed by atoms with Gasteiger partial charge in [0.2, 0.25) is 0 Å². The number of para-hydroxylation sites is 1. The molecular formula is C15H22N2O2. The lowest BCUT2D eigenvalue weighted by Gasteiger charge is -2.20. The largest absolute Gasteiger partial charge is 0.495 e. The minimum absolute atomic E-state index is 0.122. The lowest BCUT2D eigenvalue weighted by molar-refractivity contribution is 0.0940. The number of carbonyl (C=O) groups is 1. The number of rotatable bonds is 5. The molecule has 0 atom stereocenters. The number of nitrogen functional groups attached to an aromatic ring is 1. The van der Waals surface area contributed by atoms with Crippen LogP contribution in [0.3, 0.4) is 0 Å². The quantitative estimate of drug-likeness (QED) is 0.801. The Hall–Kier alpha value is -1.71. The molecule has 1 aliphatic rings. The van der Waals surface area contributed by atoms with Gasteiger partial charge in [0.25, 0.3) is 5.91 Å². The van der Waals surface area contributed by atoms with E-state index in [1.54, 1.807) is 25.3 Å². The van der Waals surface area contributed by atoms with Crippen LogP contribution in [0, 0.1) is 11.3 Å². The first-order chi connectivity index (χ1) is 9.00. The van der Waals surface area contributed by atoms with Crippen LogP contribution in [0.15, 0.2) is 18.2 Å². The highest BCUT2D eigenvalue weighted by Crippen LogP contribution is 2.51. The van der Waals surface area contributed by atoms with E-state index in [0.717, 1.165) is 6.54 Å². The number of nitrogens with one attached hydrogen (secondary N) is 1. The number of hydrogen-bond acceptors (Lipinski definition) is 3. The van der Waals surface area contributed by atoms with Gasteiger partial charge in [-0.2, -0.15) is 0 Å². The lowest BCUT2D eigenvalue weighted by Crippen LogP contribution is -2.33. The Labute approximate surface area is 114 Å². The van der Waals surface area contributed by atoms with Crippen molar-refractivity contribution in [3.8, 4) is 5.75 Å². The standard InChI is InChI=1S/C15H22N2O2/c1-10(2)15(7-8-15)9-17-14(18)11-5-4-6-12(19-3)13(11)16/h4-6,10H,7-9,16H2,1-3H3,(H,17,18). The van der Waals surface area contributed by atoms with Gasteiger partial charge in [0.05, 0.1) is 18.4 Å². The summed E-state index contributed by atoms with van der Waals surface area (Å²) >= 11 is 0. The van der Waals surface area contributed by atoms with E-state index in [2.05, 4.69) is 19.2 Å². The summed E-state index contributed by atoms with van der Waals surface area (Å²) in [5.41, 5.74) is 7.10. The van der Waals surface area contributed by atoms with Crippen LogP contribution >= 0.6 is 0 Å². The third kappa shape index (κ3) is 2.67. The van der Waals surface area contributed by atoms with Gasteiger partial charge >= 0.3 is 0 Å². The zero-order valence-corrected chi connectivity index (χ0v) is 11.8. The van der Waals surface area contributed by atoms with Crippen molar-refractivity contribution in [1.29, 1.82) is 0 Å². The van der Waals surface area contributed by atoms with Crippen molar-refractivity contribution in [2.24, 2.45) is 11.3 Å². The Balaban J connectivity index is 2.05. The monoisotopic (exact) mass is 262 g/mol. The van der Waals surface area contributed by atoms with Crippen LogP contribution in [0.2, 0.25) is 0 Å².